The first kappa shape index (κ1) is 12.7. The molecule has 0 fully saturated rings. The van der Waals surface area contributed by atoms with E-state index in [-0.39, 0.29) is 0 Å². The fraction of sp³-hybridized carbons (Fsp3) is 0.438. The Kier molecular flexibility index (Phi) is 3.31. The van der Waals surface area contributed by atoms with Crippen LogP contribution in [0.5, 0.6) is 5.75 Å². The monoisotopic (exact) mass is 273 g/mol. The Bertz CT molecular complexity index is 588. The Morgan fingerprint density at radius 2 is 2.11 bits per heavy atom. The Labute approximate surface area is 118 Å². The summed E-state index contributed by atoms with van der Waals surface area (Å²) in [4.78, 5) is 6.15. The van der Waals surface area contributed by atoms with Gasteiger partial charge in [-0.15, -0.1) is 11.3 Å². The van der Waals surface area contributed by atoms with Gasteiger partial charge in [0.2, 0.25) is 0 Å². The molecule has 0 amide bonds. The minimum Gasteiger partial charge on any atom is -0.507 e. The van der Waals surface area contributed by atoms with Gasteiger partial charge in [0.25, 0.3) is 0 Å². The van der Waals surface area contributed by atoms with E-state index in [2.05, 4.69) is 13.8 Å². The number of aryl methyl sites for hydroxylation is 1. The van der Waals surface area contributed by atoms with Crippen molar-refractivity contribution in [1.29, 1.82) is 0 Å². The highest BCUT2D eigenvalue weighted by Gasteiger charge is 2.25. The van der Waals surface area contributed by atoms with Crippen LogP contribution in [-0.2, 0) is 12.8 Å². The topological polar surface area (TPSA) is 33.1 Å². The molecule has 0 spiro atoms. The number of para-hydroxylation sites is 1. The predicted molar refractivity (Wildman–Crippen MR) is 79.6 cm³/mol. The summed E-state index contributed by atoms with van der Waals surface area (Å²) >= 11 is 1.75. The third-order valence-corrected chi connectivity index (χ3v) is 5.21. The van der Waals surface area contributed by atoms with E-state index in [1.54, 1.807) is 17.4 Å². The van der Waals surface area contributed by atoms with E-state index in [1.165, 1.54) is 17.0 Å². The maximum atomic E-state index is 9.93. The van der Waals surface area contributed by atoms with Crippen LogP contribution < -0.4 is 0 Å². The minimum atomic E-state index is 0.328. The number of phenols is 1. The van der Waals surface area contributed by atoms with Gasteiger partial charge in [-0.3, -0.25) is 0 Å². The minimum absolute atomic E-state index is 0.328. The van der Waals surface area contributed by atoms with Gasteiger partial charge in [0.1, 0.15) is 10.8 Å². The molecule has 2 aromatic rings. The smallest absolute Gasteiger partial charge is 0.127 e. The fourth-order valence-corrected chi connectivity index (χ4v) is 3.97. The average molecular weight is 273 g/mol. The first-order valence-electron chi connectivity index (χ1n) is 6.92. The second-order valence-electron chi connectivity index (χ2n) is 5.65. The number of fused-ring (bicyclic) bond motifs is 1. The highest BCUT2D eigenvalue weighted by molar-refractivity contribution is 7.15. The third kappa shape index (κ3) is 2.39. The summed E-state index contributed by atoms with van der Waals surface area (Å²) in [6.45, 7) is 4.61. The van der Waals surface area contributed by atoms with Crippen LogP contribution in [-0.4, -0.2) is 10.1 Å². The van der Waals surface area contributed by atoms with Crippen LogP contribution in [0, 0.1) is 11.8 Å². The van der Waals surface area contributed by atoms with E-state index in [1.807, 2.05) is 18.2 Å². The van der Waals surface area contributed by atoms with E-state index in [9.17, 15) is 5.11 Å². The Hall–Kier alpha value is -1.35. The number of rotatable bonds is 2. The lowest BCUT2D eigenvalue weighted by Crippen LogP contribution is -2.17. The standard InChI is InChI=1S/C16H19NOS/c1-10(2)11-7-8-13-15(9-11)19-16(17-13)12-5-3-4-6-14(12)18/h3-6,10-11,18H,7-9H2,1-2H3. The maximum absolute atomic E-state index is 9.93. The zero-order valence-corrected chi connectivity index (χ0v) is 12.2. The Morgan fingerprint density at radius 1 is 1.32 bits per heavy atom. The highest BCUT2D eigenvalue weighted by Crippen LogP contribution is 2.38. The molecule has 0 aliphatic heterocycles. The van der Waals surface area contributed by atoms with Crippen LogP contribution in [0.25, 0.3) is 10.6 Å². The maximum Gasteiger partial charge on any atom is 0.127 e. The van der Waals surface area contributed by atoms with Gasteiger partial charge in [-0.25, -0.2) is 4.98 Å². The largest absolute Gasteiger partial charge is 0.507 e. The van der Waals surface area contributed by atoms with Gasteiger partial charge >= 0.3 is 0 Å². The van der Waals surface area contributed by atoms with Gasteiger partial charge < -0.3 is 5.11 Å². The lowest BCUT2D eigenvalue weighted by atomic mass is 9.83. The summed E-state index contributed by atoms with van der Waals surface area (Å²) in [6.07, 6.45) is 3.48. The van der Waals surface area contributed by atoms with Crippen molar-refractivity contribution in [2.24, 2.45) is 11.8 Å². The van der Waals surface area contributed by atoms with Crippen molar-refractivity contribution in [1.82, 2.24) is 4.98 Å². The van der Waals surface area contributed by atoms with Gasteiger partial charge in [-0.2, -0.15) is 0 Å². The van der Waals surface area contributed by atoms with Crippen molar-refractivity contribution >= 4 is 11.3 Å². The molecule has 1 aliphatic carbocycles. The van der Waals surface area contributed by atoms with E-state index < -0.39 is 0 Å². The van der Waals surface area contributed by atoms with Gasteiger partial charge in [0.05, 0.1) is 11.3 Å². The van der Waals surface area contributed by atoms with Crippen molar-refractivity contribution < 1.29 is 5.11 Å². The molecule has 100 valence electrons. The molecule has 1 N–H and O–H groups in total. The number of aromatic nitrogens is 1. The fourth-order valence-electron chi connectivity index (χ4n) is 2.74. The molecule has 1 aliphatic rings. The van der Waals surface area contributed by atoms with Crippen LogP contribution in [0.4, 0.5) is 0 Å². The molecular formula is C16H19NOS. The van der Waals surface area contributed by atoms with Crippen LogP contribution in [0.3, 0.4) is 0 Å². The van der Waals surface area contributed by atoms with Crippen LogP contribution in [0.15, 0.2) is 24.3 Å². The van der Waals surface area contributed by atoms with Crippen molar-refractivity contribution in [2.45, 2.75) is 33.1 Å². The second-order valence-corrected chi connectivity index (χ2v) is 6.74. The number of nitrogens with zero attached hydrogens (tertiary/aromatic N) is 1. The first-order valence-corrected chi connectivity index (χ1v) is 7.73. The van der Waals surface area contributed by atoms with Crippen LogP contribution in [0.1, 0.15) is 30.8 Å². The van der Waals surface area contributed by atoms with E-state index in [4.69, 9.17) is 4.98 Å². The molecule has 0 radical (unpaired) electrons. The summed E-state index contributed by atoms with van der Waals surface area (Å²) in [5, 5.41) is 10.9. The molecule has 3 heteroatoms. The number of phenolic OH excluding ortho intramolecular Hbond substituents is 1. The normalized spacial score (nSPS) is 18.6. The Morgan fingerprint density at radius 3 is 2.84 bits per heavy atom. The summed E-state index contributed by atoms with van der Waals surface area (Å²) in [5.74, 6) is 1.85. The molecule has 0 bridgehead atoms. The molecular weight excluding hydrogens is 254 g/mol. The summed E-state index contributed by atoms with van der Waals surface area (Å²) in [7, 11) is 0. The number of thiazole rings is 1. The second kappa shape index (κ2) is 4.97. The molecule has 0 saturated carbocycles. The third-order valence-electron chi connectivity index (χ3n) is 4.06. The van der Waals surface area contributed by atoms with Gasteiger partial charge in [0.15, 0.2) is 0 Å². The zero-order valence-electron chi connectivity index (χ0n) is 11.4. The Balaban J connectivity index is 1.94. The average Bonchev–Trinajstić information content (AvgIpc) is 2.81. The van der Waals surface area contributed by atoms with Crippen molar-refractivity contribution in [3.05, 3.63) is 34.8 Å². The molecule has 2 nitrogen and oxygen atoms in total. The summed E-state index contributed by atoms with van der Waals surface area (Å²) < 4.78 is 0. The van der Waals surface area contributed by atoms with E-state index in [0.717, 1.165) is 35.2 Å². The molecule has 0 saturated heterocycles. The zero-order chi connectivity index (χ0) is 13.4. The molecule has 1 aromatic heterocycles. The number of hydrogen-bond donors (Lipinski definition) is 1. The van der Waals surface area contributed by atoms with E-state index in [0.29, 0.717) is 5.75 Å². The molecule has 1 heterocycles. The molecule has 1 aromatic carbocycles. The van der Waals surface area contributed by atoms with Crippen molar-refractivity contribution in [2.75, 3.05) is 0 Å². The van der Waals surface area contributed by atoms with Gasteiger partial charge in [-0.05, 0) is 43.2 Å². The number of aromatic hydroxyl groups is 1. The van der Waals surface area contributed by atoms with Gasteiger partial charge in [0, 0.05) is 4.88 Å². The van der Waals surface area contributed by atoms with Crippen molar-refractivity contribution in [3.63, 3.8) is 0 Å². The predicted octanol–water partition coefficient (Wildman–Crippen LogP) is 4.28. The van der Waals surface area contributed by atoms with Crippen LogP contribution in [0.2, 0.25) is 0 Å². The van der Waals surface area contributed by atoms with Crippen LogP contribution >= 0.6 is 11.3 Å². The lowest BCUT2D eigenvalue weighted by molar-refractivity contribution is 0.344. The SMILES string of the molecule is CC(C)C1CCc2nc(-c3ccccc3O)sc2C1. The number of benzene rings is 1. The van der Waals surface area contributed by atoms with Crippen molar-refractivity contribution in [3.8, 4) is 16.3 Å². The summed E-state index contributed by atoms with van der Waals surface area (Å²) in [6, 6.07) is 7.47. The van der Waals surface area contributed by atoms with Gasteiger partial charge in [-0.1, -0.05) is 26.0 Å². The highest BCUT2D eigenvalue weighted by atomic mass is 32.1. The molecule has 3 rings (SSSR count). The quantitative estimate of drug-likeness (QED) is 0.886. The first-order chi connectivity index (χ1) is 9.15. The lowest BCUT2D eigenvalue weighted by Gasteiger charge is -2.24. The summed E-state index contributed by atoms with van der Waals surface area (Å²) in [5.41, 5.74) is 2.11. The molecule has 1 unspecified atom stereocenters. The molecule has 19 heavy (non-hydrogen) atoms. The van der Waals surface area contributed by atoms with E-state index >= 15 is 0 Å². The number of hydrogen-bond acceptors (Lipinski definition) is 3. The molecule has 1 atom stereocenters.